The van der Waals surface area contributed by atoms with Crippen molar-refractivity contribution in [3.05, 3.63) is 35.4 Å². The normalized spacial score (nSPS) is 19.8. The standard InChI is InChI=1S/C14H20N2O/c1-14(2,13(15)17)16-12-9-5-7-10-6-3-4-8-11(10)12/h3-4,6,8,12,16H,5,7,9H2,1-2H3,(H2,15,17). The summed E-state index contributed by atoms with van der Waals surface area (Å²) in [4.78, 5) is 11.4. The minimum atomic E-state index is -0.658. The Morgan fingerprint density at radius 1 is 1.41 bits per heavy atom. The molecule has 1 amide bonds. The van der Waals surface area contributed by atoms with Gasteiger partial charge in [-0.2, -0.15) is 0 Å². The number of amides is 1. The number of primary amides is 1. The summed E-state index contributed by atoms with van der Waals surface area (Å²) < 4.78 is 0. The highest BCUT2D eigenvalue weighted by Gasteiger charge is 2.30. The molecule has 0 aliphatic heterocycles. The Bertz CT molecular complexity index is 426. The van der Waals surface area contributed by atoms with Crippen molar-refractivity contribution in [1.82, 2.24) is 5.32 Å². The first kappa shape index (κ1) is 12.1. The van der Waals surface area contributed by atoms with E-state index in [4.69, 9.17) is 5.73 Å². The van der Waals surface area contributed by atoms with Gasteiger partial charge in [-0.05, 0) is 44.2 Å². The zero-order valence-corrected chi connectivity index (χ0v) is 10.5. The highest BCUT2D eigenvalue weighted by atomic mass is 16.1. The molecule has 17 heavy (non-hydrogen) atoms. The molecular weight excluding hydrogens is 212 g/mol. The molecule has 3 heteroatoms. The van der Waals surface area contributed by atoms with E-state index in [0.717, 1.165) is 19.3 Å². The van der Waals surface area contributed by atoms with Crippen LogP contribution in [-0.4, -0.2) is 11.4 Å². The molecule has 3 nitrogen and oxygen atoms in total. The maximum absolute atomic E-state index is 11.4. The number of nitrogens with two attached hydrogens (primary N) is 1. The van der Waals surface area contributed by atoms with Crippen LogP contribution < -0.4 is 11.1 Å². The predicted molar refractivity (Wildman–Crippen MR) is 68.5 cm³/mol. The van der Waals surface area contributed by atoms with Gasteiger partial charge in [0.1, 0.15) is 0 Å². The van der Waals surface area contributed by atoms with E-state index in [1.165, 1.54) is 11.1 Å². The molecule has 0 bridgehead atoms. The number of benzene rings is 1. The van der Waals surface area contributed by atoms with Gasteiger partial charge >= 0.3 is 0 Å². The van der Waals surface area contributed by atoms with Gasteiger partial charge < -0.3 is 5.73 Å². The topological polar surface area (TPSA) is 55.1 Å². The first-order chi connectivity index (χ1) is 8.00. The molecule has 1 aromatic carbocycles. The summed E-state index contributed by atoms with van der Waals surface area (Å²) in [5.41, 5.74) is 7.45. The van der Waals surface area contributed by atoms with Crippen molar-refractivity contribution in [3.63, 3.8) is 0 Å². The number of fused-ring (bicyclic) bond motifs is 1. The zero-order chi connectivity index (χ0) is 12.5. The Morgan fingerprint density at radius 3 is 2.82 bits per heavy atom. The lowest BCUT2D eigenvalue weighted by atomic mass is 9.86. The fourth-order valence-corrected chi connectivity index (χ4v) is 2.41. The quantitative estimate of drug-likeness (QED) is 0.836. The lowest BCUT2D eigenvalue weighted by Crippen LogP contribution is -2.52. The third kappa shape index (κ3) is 2.50. The summed E-state index contributed by atoms with van der Waals surface area (Å²) in [5, 5.41) is 3.38. The monoisotopic (exact) mass is 232 g/mol. The molecule has 0 radical (unpaired) electrons. The molecule has 1 aliphatic rings. The van der Waals surface area contributed by atoms with Gasteiger partial charge in [0.05, 0.1) is 5.54 Å². The van der Waals surface area contributed by atoms with Crippen molar-refractivity contribution >= 4 is 5.91 Å². The summed E-state index contributed by atoms with van der Waals surface area (Å²) >= 11 is 0. The largest absolute Gasteiger partial charge is 0.368 e. The predicted octanol–water partition coefficient (Wildman–Crippen LogP) is 1.92. The number of hydrogen-bond acceptors (Lipinski definition) is 2. The van der Waals surface area contributed by atoms with Crippen LogP contribution in [0.5, 0.6) is 0 Å². The van der Waals surface area contributed by atoms with Crippen LogP contribution in [0.4, 0.5) is 0 Å². The molecule has 1 unspecified atom stereocenters. The molecule has 0 fully saturated rings. The molecular formula is C14H20N2O. The first-order valence-corrected chi connectivity index (χ1v) is 6.16. The minimum absolute atomic E-state index is 0.238. The van der Waals surface area contributed by atoms with Gasteiger partial charge in [-0.25, -0.2) is 0 Å². The molecule has 0 heterocycles. The van der Waals surface area contributed by atoms with Gasteiger partial charge in [-0.3, -0.25) is 10.1 Å². The molecule has 3 N–H and O–H groups in total. The summed E-state index contributed by atoms with van der Waals surface area (Å²) in [6, 6.07) is 8.67. The molecule has 1 aromatic rings. The van der Waals surface area contributed by atoms with Crippen molar-refractivity contribution < 1.29 is 4.79 Å². The van der Waals surface area contributed by atoms with E-state index >= 15 is 0 Å². The Hall–Kier alpha value is -1.35. The van der Waals surface area contributed by atoms with E-state index < -0.39 is 5.54 Å². The fourth-order valence-electron chi connectivity index (χ4n) is 2.41. The van der Waals surface area contributed by atoms with Gasteiger partial charge in [0.15, 0.2) is 0 Å². The molecule has 0 saturated heterocycles. The van der Waals surface area contributed by atoms with Crippen molar-refractivity contribution in [2.24, 2.45) is 5.73 Å². The van der Waals surface area contributed by atoms with Crippen LogP contribution in [0.3, 0.4) is 0 Å². The minimum Gasteiger partial charge on any atom is -0.368 e. The first-order valence-electron chi connectivity index (χ1n) is 6.16. The third-order valence-corrected chi connectivity index (χ3v) is 3.52. The molecule has 0 spiro atoms. The zero-order valence-electron chi connectivity index (χ0n) is 10.5. The second kappa shape index (κ2) is 4.49. The maximum atomic E-state index is 11.4. The highest BCUT2D eigenvalue weighted by Crippen LogP contribution is 2.30. The second-order valence-corrected chi connectivity index (χ2v) is 5.28. The van der Waals surface area contributed by atoms with Crippen LogP contribution in [0, 0.1) is 0 Å². The van der Waals surface area contributed by atoms with E-state index in [9.17, 15) is 4.79 Å². The number of hydrogen-bond donors (Lipinski definition) is 2. The van der Waals surface area contributed by atoms with Gasteiger partial charge in [-0.1, -0.05) is 24.3 Å². The lowest BCUT2D eigenvalue weighted by molar-refractivity contribution is -0.123. The van der Waals surface area contributed by atoms with Gasteiger partial charge in [0.25, 0.3) is 0 Å². The Balaban J connectivity index is 2.22. The molecule has 92 valence electrons. The van der Waals surface area contributed by atoms with Crippen LogP contribution in [-0.2, 0) is 11.2 Å². The second-order valence-electron chi connectivity index (χ2n) is 5.28. The molecule has 0 saturated carbocycles. The summed E-state index contributed by atoms with van der Waals surface area (Å²) in [7, 11) is 0. The Morgan fingerprint density at radius 2 is 2.12 bits per heavy atom. The van der Waals surface area contributed by atoms with Crippen molar-refractivity contribution in [1.29, 1.82) is 0 Å². The van der Waals surface area contributed by atoms with Crippen molar-refractivity contribution in [2.45, 2.75) is 44.7 Å². The molecule has 1 atom stereocenters. The third-order valence-electron chi connectivity index (χ3n) is 3.52. The van der Waals surface area contributed by atoms with Crippen LogP contribution >= 0.6 is 0 Å². The van der Waals surface area contributed by atoms with E-state index in [0.29, 0.717) is 0 Å². The highest BCUT2D eigenvalue weighted by molar-refractivity contribution is 5.83. The SMILES string of the molecule is CC(C)(NC1CCCc2ccccc21)C(N)=O. The van der Waals surface area contributed by atoms with E-state index in [1.807, 2.05) is 13.8 Å². The molecule has 1 aliphatic carbocycles. The van der Waals surface area contributed by atoms with Gasteiger partial charge in [0, 0.05) is 6.04 Å². The number of nitrogens with one attached hydrogen (secondary N) is 1. The number of carbonyl (C=O) groups is 1. The van der Waals surface area contributed by atoms with Gasteiger partial charge in [-0.15, -0.1) is 0 Å². The number of carbonyl (C=O) groups excluding carboxylic acids is 1. The van der Waals surface area contributed by atoms with Gasteiger partial charge in [0.2, 0.25) is 5.91 Å². The van der Waals surface area contributed by atoms with Crippen molar-refractivity contribution in [2.75, 3.05) is 0 Å². The van der Waals surface area contributed by atoms with Crippen LogP contribution in [0.1, 0.15) is 43.9 Å². The average Bonchev–Trinajstić information content (AvgIpc) is 2.29. The Labute approximate surface area is 102 Å². The Kier molecular flexibility index (Phi) is 3.20. The van der Waals surface area contributed by atoms with Crippen LogP contribution in [0.2, 0.25) is 0 Å². The maximum Gasteiger partial charge on any atom is 0.237 e. The smallest absolute Gasteiger partial charge is 0.237 e. The van der Waals surface area contributed by atoms with E-state index in [-0.39, 0.29) is 11.9 Å². The molecule has 0 aromatic heterocycles. The van der Waals surface area contributed by atoms with E-state index in [1.54, 1.807) is 0 Å². The molecule has 2 rings (SSSR count). The summed E-state index contributed by atoms with van der Waals surface area (Å²) in [5.74, 6) is -0.305. The number of aryl methyl sites for hydroxylation is 1. The average molecular weight is 232 g/mol. The van der Waals surface area contributed by atoms with Crippen LogP contribution in [0.15, 0.2) is 24.3 Å². The van der Waals surface area contributed by atoms with Crippen molar-refractivity contribution in [3.8, 4) is 0 Å². The number of rotatable bonds is 3. The van der Waals surface area contributed by atoms with Crippen LogP contribution in [0.25, 0.3) is 0 Å². The fraction of sp³-hybridized carbons (Fsp3) is 0.500. The summed E-state index contributed by atoms with van der Waals surface area (Å²) in [6.45, 7) is 3.68. The lowest BCUT2D eigenvalue weighted by Gasteiger charge is -2.33. The van der Waals surface area contributed by atoms with E-state index in [2.05, 4.69) is 29.6 Å². The summed E-state index contributed by atoms with van der Waals surface area (Å²) in [6.07, 6.45) is 3.35.